The molecule has 1 heterocycles. The highest BCUT2D eigenvalue weighted by molar-refractivity contribution is 6.07. The first-order chi connectivity index (χ1) is 25.0. The van der Waals surface area contributed by atoms with Crippen molar-refractivity contribution in [2.75, 3.05) is 44.0 Å². The van der Waals surface area contributed by atoms with Gasteiger partial charge in [-0.05, 0) is 87.5 Å². The lowest BCUT2D eigenvalue weighted by Gasteiger charge is -2.36. The second-order valence-corrected chi connectivity index (χ2v) is 13.8. The summed E-state index contributed by atoms with van der Waals surface area (Å²) in [6.07, 6.45) is 2.06. The Kier molecular flexibility index (Phi) is 13.2. The van der Waals surface area contributed by atoms with E-state index in [2.05, 4.69) is 15.5 Å². The van der Waals surface area contributed by atoms with Gasteiger partial charge in [-0.1, -0.05) is 55.5 Å². The molecule has 0 unspecified atom stereocenters. The molecule has 1 aliphatic rings. The third-order valence-corrected chi connectivity index (χ3v) is 9.49. The molecule has 0 radical (unpaired) electrons. The smallest absolute Gasteiger partial charge is 0.335 e. The first-order valence-electron chi connectivity index (χ1n) is 17.9. The quantitative estimate of drug-likeness (QED) is 0.144. The SMILES string of the molecule is C[C@H]1CCCCO[C@H](CN(C)Cc2ccc(C(=O)O)cc2)[C@@H](C)CN([C@@H](C)CO)C(=O)c2cc(NC(=O)Nc3cccc4ccccc34)ccc2O1. The van der Waals surface area contributed by atoms with Crippen molar-refractivity contribution in [1.29, 1.82) is 0 Å². The summed E-state index contributed by atoms with van der Waals surface area (Å²) in [6.45, 7) is 7.61. The summed E-state index contributed by atoms with van der Waals surface area (Å²) in [6, 6.07) is 24.5. The van der Waals surface area contributed by atoms with Crippen molar-refractivity contribution in [2.24, 2.45) is 5.92 Å². The number of hydrogen-bond acceptors (Lipinski definition) is 7. The van der Waals surface area contributed by atoms with E-state index >= 15 is 0 Å². The van der Waals surface area contributed by atoms with Crippen LogP contribution in [0.4, 0.5) is 16.2 Å². The van der Waals surface area contributed by atoms with Crippen molar-refractivity contribution in [3.8, 4) is 5.75 Å². The number of hydrogen-bond donors (Lipinski definition) is 4. The van der Waals surface area contributed by atoms with Crippen LogP contribution in [-0.4, -0.2) is 89.5 Å². The van der Waals surface area contributed by atoms with E-state index in [1.54, 1.807) is 42.2 Å². The summed E-state index contributed by atoms with van der Waals surface area (Å²) in [4.78, 5) is 42.8. The summed E-state index contributed by atoms with van der Waals surface area (Å²) >= 11 is 0. The fraction of sp³-hybridized carbons (Fsp3) is 0.390. The number of anilines is 2. The maximum Gasteiger partial charge on any atom is 0.335 e. The van der Waals surface area contributed by atoms with Crippen LogP contribution < -0.4 is 15.4 Å². The number of carboxylic acid groups (broad SMARTS) is 1. The normalized spacial score (nSPS) is 19.3. The Morgan fingerprint density at radius 1 is 0.981 bits per heavy atom. The molecule has 3 amide bonds. The Bertz CT molecular complexity index is 1830. The van der Waals surface area contributed by atoms with Gasteiger partial charge in [0.15, 0.2) is 0 Å². The van der Waals surface area contributed by atoms with Gasteiger partial charge in [0.05, 0.1) is 41.7 Å². The number of aromatic carboxylic acids is 1. The van der Waals surface area contributed by atoms with Gasteiger partial charge in [-0.15, -0.1) is 0 Å². The second kappa shape index (κ2) is 18.0. The standard InChI is InChI=1S/C41H50N4O7/c1-27-23-45(28(2)26-46)39(47)35-22-33(42-41(50)43-36-14-9-12-31-11-5-6-13-34(31)36)19-20-37(35)52-29(3)10-7-8-21-51-38(27)25-44(4)24-30-15-17-32(18-16-30)40(48)49/h5-6,9,11-20,22,27-29,38,46H,7-8,10,21,23-26H2,1-4H3,(H,48,49)(H2,42,43,50)/t27-,28-,29-,38+/m0/s1. The van der Waals surface area contributed by atoms with Crippen LogP contribution in [0.1, 0.15) is 66.3 Å². The molecule has 0 fully saturated rings. The third-order valence-electron chi connectivity index (χ3n) is 9.49. The van der Waals surface area contributed by atoms with E-state index in [4.69, 9.17) is 9.47 Å². The summed E-state index contributed by atoms with van der Waals surface area (Å²) in [7, 11) is 1.99. The number of amides is 3. The average molecular weight is 711 g/mol. The lowest BCUT2D eigenvalue weighted by molar-refractivity contribution is -0.0177. The largest absolute Gasteiger partial charge is 0.490 e. The Balaban J connectivity index is 1.37. The Hall–Kier alpha value is -4.97. The van der Waals surface area contributed by atoms with E-state index in [9.17, 15) is 24.6 Å². The molecule has 0 spiro atoms. The van der Waals surface area contributed by atoms with Gasteiger partial charge in [0.25, 0.3) is 5.91 Å². The lowest BCUT2D eigenvalue weighted by atomic mass is 10.0. The van der Waals surface area contributed by atoms with E-state index in [-0.39, 0.29) is 36.2 Å². The summed E-state index contributed by atoms with van der Waals surface area (Å²) < 4.78 is 12.8. The van der Waals surface area contributed by atoms with Crippen LogP contribution in [0.15, 0.2) is 84.9 Å². The van der Waals surface area contributed by atoms with Crippen molar-refractivity contribution >= 4 is 40.1 Å². The van der Waals surface area contributed by atoms with Gasteiger partial charge < -0.3 is 35.2 Å². The Morgan fingerprint density at radius 3 is 2.48 bits per heavy atom. The van der Waals surface area contributed by atoms with E-state index in [1.165, 1.54) is 0 Å². The minimum atomic E-state index is -0.962. The van der Waals surface area contributed by atoms with Crippen LogP contribution >= 0.6 is 0 Å². The van der Waals surface area contributed by atoms with E-state index in [1.807, 2.05) is 75.5 Å². The zero-order valence-corrected chi connectivity index (χ0v) is 30.4. The maximum absolute atomic E-state index is 14.5. The molecular formula is C41H50N4O7. The highest BCUT2D eigenvalue weighted by atomic mass is 16.5. The van der Waals surface area contributed by atoms with Gasteiger partial charge in [-0.2, -0.15) is 0 Å². The van der Waals surface area contributed by atoms with Crippen LogP contribution in [-0.2, 0) is 11.3 Å². The molecule has 11 nitrogen and oxygen atoms in total. The number of rotatable bonds is 9. The molecule has 5 rings (SSSR count). The molecule has 1 aliphatic heterocycles. The zero-order valence-electron chi connectivity index (χ0n) is 30.4. The number of fused-ring (bicyclic) bond motifs is 2. The molecular weight excluding hydrogens is 660 g/mol. The number of carbonyl (C=O) groups excluding carboxylic acids is 2. The fourth-order valence-corrected chi connectivity index (χ4v) is 6.52. The highest BCUT2D eigenvalue weighted by Crippen LogP contribution is 2.29. The van der Waals surface area contributed by atoms with E-state index < -0.39 is 18.0 Å². The number of benzene rings is 4. The molecule has 11 heteroatoms. The van der Waals surface area contributed by atoms with Crippen LogP contribution in [0.2, 0.25) is 0 Å². The number of ether oxygens (including phenoxy) is 2. The summed E-state index contributed by atoms with van der Waals surface area (Å²) in [5.41, 5.74) is 2.60. The summed E-state index contributed by atoms with van der Waals surface area (Å²) in [5.74, 6) is -0.986. The van der Waals surface area contributed by atoms with Gasteiger partial charge in [0.2, 0.25) is 0 Å². The number of likely N-dealkylation sites (N-methyl/N-ethyl adjacent to an activating group) is 1. The van der Waals surface area contributed by atoms with E-state index in [0.29, 0.717) is 48.9 Å². The zero-order chi connectivity index (χ0) is 37.2. The van der Waals surface area contributed by atoms with Crippen molar-refractivity contribution in [3.05, 3.63) is 102 Å². The van der Waals surface area contributed by atoms with Crippen molar-refractivity contribution in [3.63, 3.8) is 0 Å². The lowest BCUT2D eigenvalue weighted by Crippen LogP contribution is -2.47. The average Bonchev–Trinajstić information content (AvgIpc) is 3.13. The highest BCUT2D eigenvalue weighted by Gasteiger charge is 2.30. The predicted octanol–water partition coefficient (Wildman–Crippen LogP) is 7.11. The summed E-state index contributed by atoms with van der Waals surface area (Å²) in [5, 5.41) is 27.3. The van der Waals surface area contributed by atoms with Crippen LogP contribution in [0, 0.1) is 5.92 Å². The number of urea groups is 1. The number of nitrogens with zero attached hydrogens (tertiary/aromatic N) is 2. The molecule has 4 N–H and O–H groups in total. The minimum absolute atomic E-state index is 0.117. The number of carbonyl (C=O) groups is 3. The van der Waals surface area contributed by atoms with Crippen LogP contribution in [0.3, 0.4) is 0 Å². The van der Waals surface area contributed by atoms with E-state index in [0.717, 1.165) is 35.6 Å². The number of aliphatic hydroxyl groups excluding tert-OH is 1. The first kappa shape index (κ1) is 38.3. The van der Waals surface area contributed by atoms with Crippen molar-refractivity contribution < 1.29 is 34.1 Å². The Morgan fingerprint density at radius 2 is 1.73 bits per heavy atom. The molecule has 276 valence electrons. The number of aliphatic hydroxyl groups is 1. The van der Waals surface area contributed by atoms with Crippen molar-refractivity contribution in [2.45, 2.75) is 64.8 Å². The van der Waals surface area contributed by atoms with Gasteiger partial charge in [-0.25, -0.2) is 9.59 Å². The number of carboxylic acids is 1. The maximum atomic E-state index is 14.5. The van der Waals surface area contributed by atoms with Crippen molar-refractivity contribution in [1.82, 2.24) is 9.80 Å². The topological polar surface area (TPSA) is 141 Å². The molecule has 4 atom stereocenters. The van der Waals surface area contributed by atoms with Gasteiger partial charge in [-0.3, -0.25) is 9.69 Å². The molecule has 52 heavy (non-hydrogen) atoms. The Labute approximate surface area is 305 Å². The first-order valence-corrected chi connectivity index (χ1v) is 17.9. The molecule has 0 saturated heterocycles. The molecule has 0 aromatic heterocycles. The monoisotopic (exact) mass is 710 g/mol. The van der Waals surface area contributed by atoms with Gasteiger partial charge >= 0.3 is 12.0 Å². The second-order valence-electron chi connectivity index (χ2n) is 13.8. The molecule has 4 aromatic rings. The minimum Gasteiger partial charge on any atom is -0.490 e. The third kappa shape index (κ3) is 10.1. The van der Waals surface area contributed by atoms with Crippen LogP contribution in [0.25, 0.3) is 10.8 Å². The van der Waals surface area contributed by atoms with Gasteiger partial charge in [0.1, 0.15) is 5.75 Å². The molecule has 4 aromatic carbocycles. The predicted molar refractivity (Wildman–Crippen MR) is 203 cm³/mol. The van der Waals surface area contributed by atoms with Crippen LogP contribution in [0.5, 0.6) is 5.75 Å². The molecule has 0 bridgehead atoms. The molecule has 0 aliphatic carbocycles. The number of nitrogens with one attached hydrogen (secondary N) is 2. The molecule has 0 saturated carbocycles. The van der Waals surface area contributed by atoms with Gasteiger partial charge in [0, 0.05) is 43.2 Å². The fourth-order valence-electron chi connectivity index (χ4n) is 6.52.